The summed E-state index contributed by atoms with van der Waals surface area (Å²) in [6, 6.07) is 1.69. The molecule has 1 aliphatic heterocycles. The summed E-state index contributed by atoms with van der Waals surface area (Å²) in [5, 5.41) is 10.3. The molecule has 1 aliphatic carbocycles. The zero-order valence-electron chi connectivity index (χ0n) is 14.3. The number of allylic oxidation sites excluding steroid dienone is 1. The van der Waals surface area contributed by atoms with Crippen LogP contribution in [0.5, 0.6) is 11.5 Å². The number of halogens is 1. The van der Waals surface area contributed by atoms with E-state index in [0.29, 0.717) is 12.2 Å². The summed E-state index contributed by atoms with van der Waals surface area (Å²) in [5.74, 6) is 0.809. The lowest BCUT2D eigenvalue weighted by atomic mass is 9.68. The van der Waals surface area contributed by atoms with Crippen LogP contribution in [-0.2, 0) is 21.4 Å². The minimum atomic E-state index is -0.287. The van der Waals surface area contributed by atoms with Crippen molar-refractivity contribution in [2.45, 2.75) is 58.0 Å². The molecule has 0 saturated carbocycles. The van der Waals surface area contributed by atoms with Gasteiger partial charge in [0.15, 0.2) is 17.3 Å². The molecular weight excluding hydrogens is 372 g/mol. The van der Waals surface area contributed by atoms with Crippen molar-refractivity contribution in [3.05, 3.63) is 33.8 Å². The molecule has 3 rings (SSSR count). The first kappa shape index (κ1) is 18.7. The zero-order chi connectivity index (χ0) is 17.9. The third-order valence-electron chi connectivity index (χ3n) is 4.58. The Morgan fingerprint density at radius 1 is 1.46 bits per heavy atom. The van der Waals surface area contributed by atoms with Crippen molar-refractivity contribution in [2.24, 2.45) is 0 Å². The van der Waals surface area contributed by atoms with Crippen molar-refractivity contribution in [1.82, 2.24) is 0 Å². The quantitative estimate of drug-likeness (QED) is 0.778. The molecule has 0 amide bonds. The van der Waals surface area contributed by atoms with Gasteiger partial charge in [0.25, 0.3) is 0 Å². The predicted molar refractivity (Wildman–Crippen MR) is 96.7 cm³/mol. The van der Waals surface area contributed by atoms with Gasteiger partial charge >= 0.3 is 0 Å². The van der Waals surface area contributed by atoms with Crippen LogP contribution in [0.2, 0.25) is 0 Å². The SMILES string of the molecule is CC=O.CCCC12C=CC(=O)CC1Oc1c(O)cc(Br)c(CC)c12. The molecule has 1 aromatic rings. The van der Waals surface area contributed by atoms with Gasteiger partial charge in [0.1, 0.15) is 12.4 Å². The highest BCUT2D eigenvalue weighted by Gasteiger charge is 2.51. The van der Waals surface area contributed by atoms with Crippen molar-refractivity contribution in [1.29, 1.82) is 0 Å². The second-order valence-electron chi connectivity index (χ2n) is 6.05. The van der Waals surface area contributed by atoms with Gasteiger partial charge in [-0.05, 0) is 37.5 Å². The Bertz CT molecular complexity index is 680. The highest BCUT2D eigenvalue weighted by Crippen LogP contribution is 2.55. The van der Waals surface area contributed by atoms with Crippen LogP contribution in [-0.4, -0.2) is 23.3 Å². The van der Waals surface area contributed by atoms with Crippen LogP contribution in [0.4, 0.5) is 0 Å². The lowest BCUT2D eigenvalue weighted by Gasteiger charge is -2.34. The number of rotatable bonds is 3. The molecule has 1 N–H and O–H groups in total. The van der Waals surface area contributed by atoms with Crippen LogP contribution >= 0.6 is 15.9 Å². The van der Waals surface area contributed by atoms with Crippen molar-refractivity contribution in [2.75, 3.05) is 0 Å². The average Bonchev–Trinajstić information content (AvgIpc) is 2.84. The summed E-state index contributed by atoms with van der Waals surface area (Å²) in [6.07, 6.45) is 7.38. The largest absolute Gasteiger partial charge is 0.504 e. The molecule has 0 aromatic heterocycles. The van der Waals surface area contributed by atoms with E-state index in [1.165, 1.54) is 6.92 Å². The van der Waals surface area contributed by atoms with Gasteiger partial charge in [0.2, 0.25) is 0 Å². The Balaban J connectivity index is 0.000000647. The standard InChI is InChI=1S/C17H19BrO3.C2H4O/c1-3-6-17-7-5-10(19)8-14(17)21-16-13(20)9-12(18)11(4-2)15(16)17;1-2-3/h5,7,9,14,20H,3-4,6,8H2,1-2H3;2H,1H3. The molecule has 0 radical (unpaired) electrons. The van der Waals surface area contributed by atoms with Gasteiger partial charge in [-0.1, -0.05) is 42.3 Å². The number of hydrogen-bond donors (Lipinski definition) is 1. The third-order valence-corrected chi connectivity index (χ3v) is 5.29. The van der Waals surface area contributed by atoms with Crippen LogP contribution < -0.4 is 4.74 Å². The number of ketones is 1. The molecular formula is C19H23BrO4. The summed E-state index contributed by atoms with van der Waals surface area (Å²) < 4.78 is 6.93. The Hall–Kier alpha value is -1.62. The number of ether oxygens (including phenoxy) is 1. The number of aldehydes is 1. The van der Waals surface area contributed by atoms with E-state index >= 15 is 0 Å². The van der Waals surface area contributed by atoms with Crippen molar-refractivity contribution in [3.63, 3.8) is 0 Å². The molecule has 1 aromatic carbocycles. The molecule has 0 bridgehead atoms. The first-order chi connectivity index (χ1) is 11.4. The first-order valence-electron chi connectivity index (χ1n) is 8.28. The number of aromatic hydroxyl groups is 1. The second kappa shape index (κ2) is 7.51. The highest BCUT2D eigenvalue weighted by atomic mass is 79.9. The summed E-state index contributed by atoms with van der Waals surface area (Å²) >= 11 is 3.56. The highest BCUT2D eigenvalue weighted by molar-refractivity contribution is 9.10. The smallest absolute Gasteiger partial charge is 0.165 e. The molecule has 0 saturated heterocycles. The third kappa shape index (κ3) is 3.02. The molecule has 130 valence electrons. The molecule has 1 heterocycles. The summed E-state index contributed by atoms with van der Waals surface area (Å²) in [5.41, 5.74) is 1.94. The number of fused-ring (bicyclic) bond motifs is 3. The molecule has 4 nitrogen and oxygen atoms in total. The Morgan fingerprint density at radius 2 is 2.12 bits per heavy atom. The summed E-state index contributed by atoms with van der Waals surface area (Å²) in [7, 11) is 0. The van der Waals surface area contributed by atoms with Crippen LogP contribution in [0.25, 0.3) is 0 Å². The molecule has 0 fully saturated rings. The molecule has 2 unspecified atom stereocenters. The van der Waals surface area contributed by atoms with E-state index in [1.807, 2.05) is 6.08 Å². The van der Waals surface area contributed by atoms with Crippen molar-refractivity contribution < 1.29 is 19.4 Å². The first-order valence-corrected chi connectivity index (χ1v) is 9.07. The van der Waals surface area contributed by atoms with Gasteiger partial charge in [-0.3, -0.25) is 4.79 Å². The van der Waals surface area contributed by atoms with E-state index in [0.717, 1.165) is 41.1 Å². The van der Waals surface area contributed by atoms with E-state index in [-0.39, 0.29) is 23.1 Å². The predicted octanol–water partition coefficient (Wildman–Crippen LogP) is 4.25. The van der Waals surface area contributed by atoms with Gasteiger partial charge in [0.05, 0.1) is 5.41 Å². The Morgan fingerprint density at radius 3 is 2.71 bits per heavy atom. The fourth-order valence-electron chi connectivity index (χ4n) is 3.71. The minimum absolute atomic E-state index is 0.0936. The van der Waals surface area contributed by atoms with Crippen LogP contribution in [0.1, 0.15) is 51.2 Å². The normalized spacial score (nSPS) is 23.7. The van der Waals surface area contributed by atoms with Crippen LogP contribution in [0, 0.1) is 0 Å². The zero-order valence-corrected chi connectivity index (χ0v) is 15.9. The van der Waals surface area contributed by atoms with Gasteiger partial charge in [-0.15, -0.1) is 0 Å². The molecule has 24 heavy (non-hydrogen) atoms. The average molecular weight is 395 g/mol. The maximum absolute atomic E-state index is 11.8. The van der Waals surface area contributed by atoms with E-state index in [9.17, 15) is 9.90 Å². The van der Waals surface area contributed by atoms with Crippen molar-refractivity contribution in [3.8, 4) is 11.5 Å². The Labute approximate surface area is 151 Å². The number of phenolic OH excluding ortho intramolecular Hbond substituents is 1. The molecule has 2 aliphatic rings. The second-order valence-corrected chi connectivity index (χ2v) is 6.90. The van der Waals surface area contributed by atoms with E-state index in [2.05, 4.69) is 29.8 Å². The van der Waals surface area contributed by atoms with Crippen molar-refractivity contribution >= 4 is 28.0 Å². The van der Waals surface area contributed by atoms with Gasteiger partial charge in [-0.25, -0.2) is 0 Å². The van der Waals surface area contributed by atoms with Gasteiger partial charge < -0.3 is 14.6 Å². The number of hydrogen-bond acceptors (Lipinski definition) is 4. The number of carbonyl (C=O) groups is 2. The lowest BCUT2D eigenvalue weighted by Crippen LogP contribution is -2.41. The Kier molecular flexibility index (Phi) is 5.86. The van der Waals surface area contributed by atoms with Crippen LogP contribution in [0.3, 0.4) is 0 Å². The topological polar surface area (TPSA) is 63.6 Å². The fourth-order valence-corrected chi connectivity index (χ4v) is 4.41. The number of phenols is 1. The molecule has 0 spiro atoms. The minimum Gasteiger partial charge on any atom is -0.504 e. The fraction of sp³-hybridized carbons (Fsp3) is 0.474. The number of benzene rings is 1. The molecule has 2 atom stereocenters. The maximum Gasteiger partial charge on any atom is 0.165 e. The summed E-state index contributed by atoms with van der Waals surface area (Å²) in [4.78, 5) is 20.6. The van der Waals surface area contributed by atoms with E-state index in [1.54, 1.807) is 12.1 Å². The van der Waals surface area contributed by atoms with Gasteiger partial charge in [0, 0.05) is 16.5 Å². The number of carbonyl (C=O) groups excluding carboxylic acids is 2. The van der Waals surface area contributed by atoms with E-state index < -0.39 is 0 Å². The monoisotopic (exact) mass is 394 g/mol. The summed E-state index contributed by atoms with van der Waals surface area (Å²) in [6.45, 7) is 5.68. The lowest BCUT2D eigenvalue weighted by molar-refractivity contribution is -0.117. The van der Waals surface area contributed by atoms with E-state index in [4.69, 9.17) is 9.53 Å². The molecule has 5 heteroatoms. The van der Waals surface area contributed by atoms with Gasteiger partial charge in [-0.2, -0.15) is 0 Å². The van der Waals surface area contributed by atoms with Crippen LogP contribution in [0.15, 0.2) is 22.7 Å². The maximum atomic E-state index is 11.8.